The van der Waals surface area contributed by atoms with Gasteiger partial charge in [0.25, 0.3) is 5.88 Å². The Morgan fingerprint density at radius 1 is 1.09 bits per heavy atom. The highest BCUT2D eigenvalue weighted by Gasteiger charge is 2.32. The number of ether oxygens (including phenoxy) is 4. The highest BCUT2D eigenvalue weighted by molar-refractivity contribution is 5.68. The Hall–Kier alpha value is -3.30. The van der Waals surface area contributed by atoms with Crippen LogP contribution in [0.4, 0.5) is 10.5 Å². The van der Waals surface area contributed by atoms with E-state index in [1.165, 1.54) is 0 Å². The topological polar surface area (TPSA) is 99.1 Å². The van der Waals surface area contributed by atoms with Gasteiger partial charge in [-0.3, -0.25) is 0 Å². The molecule has 0 aliphatic carbocycles. The van der Waals surface area contributed by atoms with Crippen LogP contribution in [0.1, 0.15) is 38.4 Å². The summed E-state index contributed by atoms with van der Waals surface area (Å²) in [6.45, 7) is 8.03. The summed E-state index contributed by atoms with van der Waals surface area (Å²) in [4.78, 5) is 29.5. The van der Waals surface area contributed by atoms with E-state index in [4.69, 9.17) is 18.9 Å². The summed E-state index contributed by atoms with van der Waals surface area (Å²) < 4.78 is 22.4. The fourth-order valence-corrected chi connectivity index (χ4v) is 4.01. The number of hydrogen-bond donors (Lipinski definition) is 0. The first-order chi connectivity index (χ1) is 15.8. The lowest BCUT2D eigenvalue weighted by atomic mass is 10.1. The van der Waals surface area contributed by atoms with Gasteiger partial charge in [0.2, 0.25) is 5.88 Å². The molecular weight excluding hydrogens is 426 g/mol. The van der Waals surface area contributed by atoms with Gasteiger partial charge in [-0.1, -0.05) is 0 Å². The highest BCUT2D eigenvalue weighted by Crippen LogP contribution is 2.33. The van der Waals surface area contributed by atoms with E-state index in [9.17, 15) is 4.79 Å². The van der Waals surface area contributed by atoms with Crippen LogP contribution < -0.4 is 19.1 Å². The summed E-state index contributed by atoms with van der Waals surface area (Å²) in [7, 11) is 3.16. The van der Waals surface area contributed by atoms with Crippen LogP contribution in [0.2, 0.25) is 0 Å². The van der Waals surface area contributed by atoms with E-state index in [-0.39, 0.29) is 12.2 Å². The third-order valence-corrected chi connectivity index (χ3v) is 5.62. The van der Waals surface area contributed by atoms with Crippen molar-refractivity contribution in [3.8, 4) is 17.5 Å². The van der Waals surface area contributed by atoms with Gasteiger partial charge in [0.05, 0.1) is 50.5 Å². The molecule has 10 heteroatoms. The molecule has 4 heterocycles. The SMILES string of the molecule is COc1cc(N2CCc3ncnc(OC4CCN(C(=O)OC(C)(C)C)C4)c3C2)cnc1OC. The van der Waals surface area contributed by atoms with Crippen molar-refractivity contribution in [2.24, 2.45) is 0 Å². The molecule has 1 amide bonds. The van der Waals surface area contributed by atoms with E-state index >= 15 is 0 Å². The lowest BCUT2D eigenvalue weighted by Crippen LogP contribution is -2.36. The minimum Gasteiger partial charge on any atom is -0.491 e. The molecule has 33 heavy (non-hydrogen) atoms. The molecule has 0 bridgehead atoms. The van der Waals surface area contributed by atoms with Crippen LogP contribution in [-0.2, 0) is 17.7 Å². The van der Waals surface area contributed by atoms with Crippen LogP contribution in [-0.4, -0.2) is 71.5 Å². The van der Waals surface area contributed by atoms with Gasteiger partial charge in [-0.25, -0.2) is 19.7 Å². The molecule has 0 spiro atoms. The van der Waals surface area contributed by atoms with Gasteiger partial charge < -0.3 is 28.7 Å². The fraction of sp³-hybridized carbons (Fsp3) is 0.565. The number of fused-ring (bicyclic) bond motifs is 1. The van der Waals surface area contributed by atoms with Crippen LogP contribution in [0.15, 0.2) is 18.6 Å². The number of rotatable bonds is 5. The zero-order valence-electron chi connectivity index (χ0n) is 19.8. The summed E-state index contributed by atoms with van der Waals surface area (Å²) in [6.07, 6.45) is 4.34. The largest absolute Gasteiger partial charge is 0.491 e. The molecule has 0 saturated carbocycles. The van der Waals surface area contributed by atoms with Crippen molar-refractivity contribution >= 4 is 11.8 Å². The molecule has 1 atom stereocenters. The predicted molar refractivity (Wildman–Crippen MR) is 121 cm³/mol. The van der Waals surface area contributed by atoms with Gasteiger partial charge in [-0.15, -0.1) is 0 Å². The lowest BCUT2D eigenvalue weighted by molar-refractivity contribution is 0.0274. The molecule has 0 N–H and O–H groups in total. The minimum atomic E-state index is -0.524. The summed E-state index contributed by atoms with van der Waals surface area (Å²) in [6, 6.07) is 1.91. The normalized spacial score (nSPS) is 18.0. The van der Waals surface area contributed by atoms with Crippen molar-refractivity contribution in [1.82, 2.24) is 19.9 Å². The maximum Gasteiger partial charge on any atom is 0.410 e. The van der Waals surface area contributed by atoms with Gasteiger partial charge in [-0.2, -0.15) is 0 Å². The van der Waals surface area contributed by atoms with Gasteiger partial charge in [0.15, 0.2) is 5.75 Å². The monoisotopic (exact) mass is 457 g/mol. The molecule has 2 aromatic heterocycles. The molecule has 4 rings (SSSR count). The van der Waals surface area contributed by atoms with Crippen molar-refractivity contribution in [2.45, 2.75) is 51.9 Å². The second-order valence-corrected chi connectivity index (χ2v) is 9.14. The average molecular weight is 458 g/mol. The zero-order chi connectivity index (χ0) is 23.6. The van der Waals surface area contributed by atoms with E-state index in [1.807, 2.05) is 26.8 Å². The van der Waals surface area contributed by atoms with E-state index in [2.05, 4.69) is 19.9 Å². The summed E-state index contributed by atoms with van der Waals surface area (Å²) >= 11 is 0. The van der Waals surface area contributed by atoms with Gasteiger partial charge in [0.1, 0.15) is 18.0 Å². The van der Waals surface area contributed by atoms with Gasteiger partial charge in [0, 0.05) is 32.0 Å². The molecular formula is C23H31N5O5. The van der Waals surface area contributed by atoms with Gasteiger partial charge in [-0.05, 0) is 20.8 Å². The summed E-state index contributed by atoms with van der Waals surface area (Å²) in [5.41, 5.74) is 2.33. The van der Waals surface area contributed by atoms with Crippen molar-refractivity contribution in [1.29, 1.82) is 0 Å². The first-order valence-corrected chi connectivity index (χ1v) is 11.1. The number of amides is 1. The van der Waals surface area contributed by atoms with Crippen LogP contribution >= 0.6 is 0 Å². The van der Waals surface area contributed by atoms with Gasteiger partial charge >= 0.3 is 6.09 Å². The molecule has 10 nitrogen and oxygen atoms in total. The first-order valence-electron chi connectivity index (χ1n) is 11.1. The molecule has 1 fully saturated rings. The third kappa shape index (κ3) is 5.20. The predicted octanol–water partition coefficient (Wildman–Crippen LogP) is 2.84. The molecule has 178 valence electrons. The summed E-state index contributed by atoms with van der Waals surface area (Å²) in [5.74, 6) is 1.59. The average Bonchev–Trinajstić information content (AvgIpc) is 3.26. The Balaban J connectivity index is 1.47. The van der Waals surface area contributed by atoms with E-state index in [0.717, 1.165) is 36.3 Å². The van der Waals surface area contributed by atoms with Crippen LogP contribution in [0.5, 0.6) is 17.5 Å². The Labute approximate surface area is 193 Å². The van der Waals surface area contributed by atoms with Crippen molar-refractivity contribution in [3.63, 3.8) is 0 Å². The fourth-order valence-electron chi connectivity index (χ4n) is 4.01. The highest BCUT2D eigenvalue weighted by atomic mass is 16.6. The summed E-state index contributed by atoms with van der Waals surface area (Å²) in [5, 5.41) is 0. The molecule has 2 aliphatic rings. The molecule has 2 aliphatic heterocycles. The number of likely N-dealkylation sites (tertiary alicyclic amines) is 1. The number of carbonyl (C=O) groups excluding carboxylic acids is 1. The Morgan fingerprint density at radius 2 is 1.91 bits per heavy atom. The standard InChI is InChI=1S/C23H31N5O5/c1-23(2,3)33-22(29)28-8-6-16(12-28)32-20-17-13-27(9-7-18(17)25-14-26-20)15-10-19(30-4)21(31-5)24-11-15/h10-11,14,16H,6-9,12-13H2,1-5H3. The first kappa shape index (κ1) is 22.9. The molecule has 0 aromatic carbocycles. The number of methoxy groups -OCH3 is 2. The lowest BCUT2D eigenvalue weighted by Gasteiger charge is -2.31. The number of aromatic nitrogens is 3. The minimum absolute atomic E-state index is 0.144. The number of hydrogen-bond acceptors (Lipinski definition) is 9. The van der Waals surface area contributed by atoms with Crippen LogP contribution in [0.3, 0.4) is 0 Å². The van der Waals surface area contributed by atoms with Crippen molar-refractivity contribution in [3.05, 3.63) is 29.8 Å². The van der Waals surface area contributed by atoms with Crippen molar-refractivity contribution in [2.75, 3.05) is 38.8 Å². The molecule has 1 unspecified atom stereocenters. The van der Waals surface area contributed by atoms with E-state index < -0.39 is 5.60 Å². The smallest absolute Gasteiger partial charge is 0.410 e. The molecule has 1 saturated heterocycles. The molecule has 2 aromatic rings. The Bertz CT molecular complexity index is 1010. The maximum absolute atomic E-state index is 12.4. The van der Waals surface area contributed by atoms with E-state index in [1.54, 1.807) is 31.6 Å². The zero-order valence-corrected chi connectivity index (χ0v) is 19.8. The second-order valence-electron chi connectivity index (χ2n) is 9.14. The quantitative estimate of drug-likeness (QED) is 0.671. The van der Waals surface area contributed by atoms with Crippen molar-refractivity contribution < 1.29 is 23.7 Å². The molecule has 0 radical (unpaired) electrons. The number of nitrogens with zero attached hydrogens (tertiary/aromatic N) is 5. The Morgan fingerprint density at radius 3 is 2.64 bits per heavy atom. The third-order valence-electron chi connectivity index (χ3n) is 5.62. The van der Waals surface area contributed by atoms with Crippen LogP contribution in [0.25, 0.3) is 0 Å². The number of pyridine rings is 1. The number of anilines is 1. The van der Waals surface area contributed by atoms with Crippen LogP contribution in [0, 0.1) is 0 Å². The van der Waals surface area contributed by atoms with E-state index in [0.29, 0.717) is 37.1 Å². The Kier molecular flexibility index (Phi) is 6.44. The second kappa shape index (κ2) is 9.29. The maximum atomic E-state index is 12.4. The number of carbonyl (C=O) groups is 1.